The number of nitrogens with two attached hydrogens (primary N) is 1. The number of allylic oxidation sites excluding steroid dienone is 6. The third-order valence-corrected chi connectivity index (χ3v) is 6.00. The number of nitrogens with zero attached hydrogens (tertiary/aromatic N) is 1. The van der Waals surface area contributed by atoms with Gasteiger partial charge in [-0.3, -0.25) is 4.79 Å². The molecule has 0 spiro atoms. The maximum absolute atomic E-state index is 12.6. The van der Waals surface area contributed by atoms with Crippen molar-refractivity contribution < 1.29 is 14.3 Å². The average Bonchev–Trinajstić information content (AvgIpc) is 3.30. The lowest BCUT2D eigenvalue weighted by Crippen LogP contribution is -2.28. The second-order valence-electron chi connectivity index (χ2n) is 8.15. The molecule has 0 aromatic heterocycles. The molecule has 1 unspecified atom stereocenters. The Morgan fingerprint density at radius 2 is 2.11 bits per heavy atom. The van der Waals surface area contributed by atoms with Crippen molar-refractivity contribution in [1.82, 2.24) is 10.6 Å². The standard InChI is InChI=1S/C27H37N4O3P/c1-6-22(18(2)10-13-29-20(4)28)26-23(11-15-34-26)19(3)31-17-21-8-9-25(35)24(16-21)27(32)30-12-7-14-33-5/h6,8-10,13,16,31H,1,4,7,11-12,14-15,17,28,35H2,2-3,5H3,(H,30,32)/b18-10+,23-19+,26-22-,29-13-. The Hall–Kier alpha value is -3.15. The summed E-state index contributed by atoms with van der Waals surface area (Å²) in [7, 11) is 4.28. The predicted octanol–water partition coefficient (Wildman–Crippen LogP) is 3.62. The summed E-state index contributed by atoms with van der Waals surface area (Å²) in [5.74, 6) is 0.980. The summed E-state index contributed by atoms with van der Waals surface area (Å²) in [6, 6.07) is 5.89. The molecule has 1 aromatic carbocycles. The maximum atomic E-state index is 12.6. The van der Waals surface area contributed by atoms with E-state index in [9.17, 15) is 4.79 Å². The molecule has 2 rings (SSSR count). The van der Waals surface area contributed by atoms with E-state index in [1.54, 1.807) is 19.4 Å². The fourth-order valence-electron chi connectivity index (χ4n) is 3.59. The number of hydrogen-bond acceptors (Lipinski definition) is 6. The second-order valence-corrected chi connectivity index (χ2v) is 8.77. The number of benzene rings is 1. The molecule has 1 aliphatic rings. The van der Waals surface area contributed by atoms with Gasteiger partial charge in [0, 0.05) is 61.8 Å². The highest BCUT2D eigenvalue weighted by atomic mass is 31.0. The van der Waals surface area contributed by atoms with Crippen molar-refractivity contribution in [1.29, 1.82) is 0 Å². The highest BCUT2D eigenvalue weighted by Gasteiger charge is 2.22. The number of amides is 1. The maximum Gasteiger partial charge on any atom is 0.251 e. The Bertz CT molecular complexity index is 1070. The summed E-state index contributed by atoms with van der Waals surface area (Å²) in [6.45, 7) is 13.9. The smallest absolute Gasteiger partial charge is 0.251 e. The Labute approximate surface area is 211 Å². The molecule has 0 bridgehead atoms. The van der Waals surface area contributed by atoms with Gasteiger partial charge in [-0.1, -0.05) is 31.4 Å². The van der Waals surface area contributed by atoms with E-state index in [0.29, 0.717) is 31.9 Å². The van der Waals surface area contributed by atoms with Crippen LogP contribution in [0.1, 0.15) is 42.6 Å². The van der Waals surface area contributed by atoms with Crippen LogP contribution in [0.4, 0.5) is 0 Å². The summed E-state index contributed by atoms with van der Waals surface area (Å²) >= 11 is 0. The number of aliphatic imine (C=N–C) groups is 1. The number of rotatable bonds is 12. The van der Waals surface area contributed by atoms with Gasteiger partial charge in [0.25, 0.3) is 5.91 Å². The van der Waals surface area contributed by atoms with Gasteiger partial charge in [0.2, 0.25) is 0 Å². The third-order valence-electron chi connectivity index (χ3n) is 5.49. The molecule has 35 heavy (non-hydrogen) atoms. The number of nitrogens with one attached hydrogen (secondary N) is 2. The number of methoxy groups -OCH3 is 1. The van der Waals surface area contributed by atoms with E-state index in [0.717, 1.165) is 51.9 Å². The lowest BCUT2D eigenvalue weighted by atomic mass is 10.0. The molecule has 1 atom stereocenters. The SMILES string of the molecule is C=CC(=C1/OCC/C1=C(/C)NCc1ccc(P)c(C(=O)NCCCOC)c1)/C(C)=C/C=N\C(=C)N. The minimum Gasteiger partial charge on any atom is -0.492 e. The topological polar surface area (TPSA) is 98.0 Å². The van der Waals surface area contributed by atoms with Crippen LogP contribution in [0.25, 0.3) is 0 Å². The molecule has 1 heterocycles. The van der Waals surface area contributed by atoms with E-state index in [1.807, 2.05) is 38.1 Å². The zero-order valence-electron chi connectivity index (χ0n) is 20.9. The predicted molar refractivity (Wildman–Crippen MR) is 148 cm³/mol. The van der Waals surface area contributed by atoms with Gasteiger partial charge in [-0.05, 0) is 48.9 Å². The van der Waals surface area contributed by atoms with E-state index in [-0.39, 0.29) is 11.7 Å². The molecular weight excluding hydrogens is 459 g/mol. The summed E-state index contributed by atoms with van der Waals surface area (Å²) in [5.41, 5.74) is 11.2. The summed E-state index contributed by atoms with van der Waals surface area (Å²) in [4.78, 5) is 16.6. The van der Waals surface area contributed by atoms with Gasteiger partial charge in [-0.25, -0.2) is 4.99 Å². The van der Waals surface area contributed by atoms with Crippen LogP contribution in [0.5, 0.6) is 0 Å². The zero-order chi connectivity index (χ0) is 25.8. The first-order chi connectivity index (χ1) is 16.8. The molecule has 1 saturated heterocycles. The highest BCUT2D eigenvalue weighted by molar-refractivity contribution is 7.27. The van der Waals surface area contributed by atoms with Crippen molar-refractivity contribution in [2.75, 3.05) is 26.9 Å². The fraction of sp³-hybridized carbons (Fsp3) is 0.333. The summed E-state index contributed by atoms with van der Waals surface area (Å²) in [6.07, 6.45) is 6.84. The first-order valence-corrected chi connectivity index (χ1v) is 12.1. The average molecular weight is 497 g/mol. The largest absolute Gasteiger partial charge is 0.492 e. The van der Waals surface area contributed by atoms with Crippen LogP contribution in [-0.4, -0.2) is 39.0 Å². The molecule has 1 aliphatic heterocycles. The summed E-state index contributed by atoms with van der Waals surface area (Å²) < 4.78 is 11.0. The molecule has 8 heteroatoms. The molecule has 4 N–H and O–H groups in total. The van der Waals surface area contributed by atoms with E-state index >= 15 is 0 Å². The molecule has 188 valence electrons. The number of ether oxygens (including phenoxy) is 2. The quantitative estimate of drug-likeness (QED) is 0.233. The van der Waals surface area contributed by atoms with Crippen LogP contribution in [-0.2, 0) is 16.0 Å². The lowest BCUT2D eigenvalue weighted by Gasteiger charge is -2.14. The number of carbonyl (C=O) groups is 1. The van der Waals surface area contributed by atoms with Crippen molar-refractivity contribution in [2.45, 2.75) is 33.2 Å². The number of hydrogen-bond donors (Lipinski definition) is 3. The monoisotopic (exact) mass is 496 g/mol. The van der Waals surface area contributed by atoms with Crippen LogP contribution in [0.2, 0.25) is 0 Å². The Morgan fingerprint density at radius 3 is 2.80 bits per heavy atom. The van der Waals surface area contributed by atoms with Crippen molar-refractivity contribution in [3.8, 4) is 0 Å². The van der Waals surface area contributed by atoms with Gasteiger partial charge in [-0.2, -0.15) is 0 Å². The molecule has 1 fully saturated rings. The Kier molecular flexibility index (Phi) is 11.5. The van der Waals surface area contributed by atoms with Gasteiger partial charge in [0.05, 0.1) is 6.61 Å². The summed E-state index contributed by atoms with van der Waals surface area (Å²) in [5, 5.41) is 7.30. The van der Waals surface area contributed by atoms with Crippen molar-refractivity contribution in [3.63, 3.8) is 0 Å². The van der Waals surface area contributed by atoms with Crippen LogP contribution < -0.4 is 21.7 Å². The fourth-order valence-corrected chi connectivity index (χ4v) is 3.90. The van der Waals surface area contributed by atoms with Gasteiger partial charge in [0.15, 0.2) is 0 Å². The van der Waals surface area contributed by atoms with Crippen LogP contribution in [0.3, 0.4) is 0 Å². The van der Waals surface area contributed by atoms with Crippen molar-refractivity contribution in [2.24, 2.45) is 10.7 Å². The van der Waals surface area contributed by atoms with Crippen LogP contribution in [0, 0.1) is 0 Å². The molecule has 7 nitrogen and oxygen atoms in total. The molecular formula is C27H37N4O3P. The van der Waals surface area contributed by atoms with Gasteiger partial charge in [0.1, 0.15) is 11.6 Å². The first-order valence-electron chi connectivity index (χ1n) is 11.5. The minimum absolute atomic E-state index is 0.0860. The minimum atomic E-state index is -0.0860. The Balaban J connectivity index is 2.18. The molecule has 1 amide bonds. The van der Waals surface area contributed by atoms with Crippen LogP contribution in [0.15, 0.2) is 82.5 Å². The second kappa shape index (κ2) is 14.3. The van der Waals surface area contributed by atoms with E-state index in [2.05, 4.69) is 38.0 Å². The third kappa shape index (κ3) is 8.53. The van der Waals surface area contributed by atoms with Gasteiger partial charge >= 0.3 is 0 Å². The number of carbonyl (C=O) groups excluding carboxylic acids is 1. The molecule has 0 saturated carbocycles. The lowest BCUT2D eigenvalue weighted by molar-refractivity contribution is 0.0949. The van der Waals surface area contributed by atoms with Crippen molar-refractivity contribution in [3.05, 3.63) is 88.6 Å². The first kappa shape index (κ1) is 28.1. The zero-order valence-corrected chi connectivity index (χ0v) is 22.1. The molecule has 1 aromatic rings. The van der Waals surface area contributed by atoms with E-state index in [4.69, 9.17) is 15.2 Å². The highest BCUT2D eigenvalue weighted by Crippen LogP contribution is 2.32. The van der Waals surface area contributed by atoms with Crippen LogP contribution >= 0.6 is 9.24 Å². The van der Waals surface area contributed by atoms with Crippen molar-refractivity contribution >= 4 is 26.7 Å². The van der Waals surface area contributed by atoms with E-state index in [1.165, 1.54) is 0 Å². The van der Waals surface area contributed by atoms with Gasteiger partial charge in [-0.15, -0.1) is 9.24 Å². The molecule has 0 radical (unpaired) electrons. The Morgan fingerprint density at radius 1 is 1.34 bits per heavy atom. The van der Waals surface area contributed by atoms with Gasteiger partial charge < -0.3 is 25.8 Å². The molecule has 0 aliphatic carbocycles. The van der Waals surface area contributed by atoms with E-state index < -0.39 is 0 Å². The normalized spacial score (nSPS) is 16.6.